The van der Waals surface area contributed by atoms with Gasteiger partial charge < -0.3 is 20.5 Å². The molecular weight excluding hydrogens is 282 g/mol. The fourth-order valence-electron chi connectivity index (χ4n) is 2.92. The summed E-state index contributed by atoms with van der Waals surface area (Å²) in [4.78, 5) is 13.1. The number of amides is 1. The third-order valence-electron chi connectivity index (χ3n) is 3.77. The molecule has 2 aliphatic heterocycles. The van der Waals surface area contributed by atoms with Gasteiger partial charge in [-0.1, -0.05) is 0 Å². The number of halogens is 1. The lowest BCUT2D eigenvalue weighted by Gasteiger charge is -2.42. The molecule has 0 aliphatic carbocycles. The van der Waals surface area contributed by atoms with Crippen LogP contribution in [0.5, 0.6) is 0 Å². The van der Waals surface area contributed by atoms with Crippen LogP contribution in [0.1, 0.15) is 26.7 Å². The highest BCUT2D eigenvalue weighted by molar-refractivity contribution is 5.85. The van der Waals surface area contributed by atoms with Gasteiger partial charge in [0, 0.05) is 31.7 Å². The second-order valence-corrected chi connectivity index (χ2v) is 6.22. The topological polar surface area (TPSA) is 73.8 Å². The van der Waals surface area contributed by atoms with Gasteiger partial charge in [-0.3, -0.25) is 4.90 Å². The van der Waals surface area contributed by atoms with Crippen LogP contribution in [0, 0.1) is 0 Å². The molecule has 0 aromatic heterocycles. The number of hydrogen-bond donors (Lipinski definition) is 3. The molecule has 0 radical (unpaired) electrons. The van der Waals surface area contributed by atoms with Crippen LogP contribution in [-0.2, 0) is 4.74 Å². The van der Waals surface area contributed by atoms with E-state index in [2.05, 4.69) is 15.5 Å². The molecule has 0 aromatic rings. The van der Waals surface area contributed by atoms with Crippen molar-refractivity contribution in [1.82, 2.24) is 15.5 Å². The Kier molecular flexibility index (Phi) is 6.51. The molecule has 2 bridgehead atoms. The molecule has 3 N–H and O–H groups in total. The molecule has 1 amide bonds. The number of carbonyl (C=O) groups is 1. The quantitative estimate of drug-likeness (QED) is 0.704. The molecule has 2 heterocycles. The maximum atomic E-state index is 10.7. The number of rotatable bonds is 5. The summed E-state index contributed by atoms with van der Waals surface area (Å²) in [6.45, 7) is 8.73. The fraction of sp³-hybridized carbons (Fsp3) is 0.923. The first-order chi connectivity index (χ1) is 8.94. The Hall–Kier alpha value is -0.560. The standard InChI is InChI=1S/C13H25N3O3.ClH/c1-13(2,15-12(17)18)4-3-5-16-8-10-6-14-7-11(9-16)19-10;/h10-11,14-15H,3-9H2,1-2H3,(H,17,18);1H. The third-order valence-corrected chi connectivity index (χ3v) is 3.77. The van der Waals surface area contributed by atoms with Gasteiger partial charge in [0.25, 0.3) is 0 Å². The Morgan fingerprint density at radius 3 is 2.55 bits per heavy atom. The van der Waals surface area contributed by atoms with Gasteiger partial charge in [0.15, 0.2) is 0 Å². The maximum Gasteiger partial charge on any atom is 0.405 e. The molecule has 0 spiro atoms. The second kappa shape index (κ2) is 7.45. The van der Waals surface area contributed by atoms with Crippen molar-refractivity contribution in [2.24, 2.45) is 0 Å². The molecule has 2 atom stereocenters. The lowest BCUT2D eigenvalue weighted by Crippen LogP contribution is -2.58. The van der Waals surface area contributed by atoms with Crippen molar-refractivity contribution < 1.29 is 14.6 Å². The number of nitrogens with zero attached hydrogens (tertiary/aromatic N) is 1. The van der Waals surface area contributed by atoms with Gasteiger partial charge in [-0.25, -0.2) is 4.79 Å². The summed E-state index contributed by atoms with van der Waals surface area (Å²) in [5, 5.41) is 14.7. The van der Waals surface area contributed by atoms with Gasteiger partial charge >= 0.3 is 6.09 Å². The second-order valence-electron chi connectivity index (χ2n) is 6.22. The summed E-state index contributed by atoms with van der Waals surface area (Å²) < 4.78 is 5.86. The zero-order chi connectivity index (χ0) is 13.9. The van der Waals surface area contributed by atoms with E-state index in [1.807, 2.05) is 13.8 Å². The Bertz CT molecular complexity index is 316. The van der Waals surface area contributed by atoms with E-state index in [0.717, 1.165) is 45.6 Å². The van der Waals surface area contributed by atoms with Gasteiger partial charge in [0.05, 0.1) is 12.2 Å². The molecule has 0 aromatic carbocycles. The summed E-state index contributed by atoms with van der Waals surface area (Å²) in [6.07, 6.45) is 1.54. The van der Waals surface area contributed by atoms with E-state index in [0.29, 0.717) is 12.2 Å². The van der Waals surface area contributed by atoms with E-state index in [1.54, 1.807) is 0 Å². The van der Waals surface area contributed by atoms with Crippen molar-refractivity contribution in [3.05, 3.63) is 0 Å². The number of fused-ring (bicyclic) bond motifs is 2. The van der Waals surface area contributed by atoms with Crippen LogP contribution >= 0.6 is 12.4 Å². The molecule has 7 heteroatoms. The zero-order valence-corrected chi connectivity index (χ0v) is 13.0. The van der Waals surface area contributed by atoms with Crippen molar-refractivity contribution >= 4 is 18.5 Å². The average molecular weight is 308 g/mol. The van der Waals surface area contributed by atoms with Crippen molar-refractivity contribution in [1.29, 1.82) is 0 Å². The summed E-state index contributed by atoms with van der Waals surface area (Å²) in [5.41, 5.74) is -0.352. The van der Waals surface area contributed by atoms with E-state index in [-0.39, 0.29) is 17.9 Å². The van der Waals surface area contributed by atoms with Crippen molar-refractivity contribution in [2.45, 2.75) is 44.4 Å². The molecule has 0 saturated carbocycles. The summed E-state index contributed by atoms with van der Waals surface area (Å²) in [6, 6.07) is 0. The molecular formula is C13H26ClN3O3. The van der Waals surface area contributed by atoms with Crippen LogP contribution in [0.4, 0.5) is 4.79 Å². The van der Waals surface area contributed by atoms with Crippen LogP contribution in [0.3, 0.4) is 0 Å². The molecule has 2 unspecified atom stereocenters. The van der Waals surface area contributed by atoms with E-state index in [1.165, 1.54) is 0 Å². The number of hydrogen-bond acceptors (Lipinski definition) is 4. The van der Waals surface area contributed by atoms with Crippen LogP contribution in [0.15, 0.2) is 0 Å². The Balaban J connectivity index is 0.00000200. The first-order valence-electron chi connectivity index (χ1n) is 7.04. The molecule has 6 nitrogen and oxygen atoms in total. The smallest absolute Gasteiger partial charge is 0.405 e. The highest BCUT2D eigenvalue weighted by Gasteiger charge is 2.31. The molecule has 2 aliphatic rings. The van der Waals surface area contributed by atoms with Crippen LogP contribution in [0.25, 0.3) is 0 Å². The fourth-order valence-corrected chi connectivity index (χ4v) is 2.92. The lowest BCUT2D eigenvalue weighted by molar-refractivity contribution is -0.103. The van der Waals surface area contributed by atoms with E-state index in [4.69, 9.17) is 9.84 Å². The van der Waals surface area contributed by atoms with E-state index >= 15 is 0 Å². The number of ether oxygens (including phenoxy) is 1. The zero-order valence-electron chi connectivity index (χ0n) is 12.2. The molecule has 20 heavy (non-hydrogen) atoms. The van der Waals surface area contributed by atoms with Gasteiger partial charge in [-0.05, 0) is 33.2 Å². The summed E-state index contributed by atoms with van der Waals surface area (Å²) in [7, 11) is 0. The minimum absolute atomic E-state index is 0. The van der Waals surface area contributed by atoms with Crippen LogP contribution < -0.4 is 10.6 Å². The van der Waals surface area contributed by atoms with Gasteiger partial charge in [-0.15, -0.1) is 12.4 Å². The summed E-state index contributed by atoms with van der Waals surface area (Å²) >= 11 is 0. The van der Waals surface area contributed by atoms with Crippen molar-refractivity contribution in [3.8, 4) is 0 Å². The van der Waals surface area contributed by atoms with Crippen molar-refractivity contribution in [3.63, 3.8) is 0 Å². The highest BCUT2D eigenvalue weighted by atomic mass is 35.5. The van der Waals surface area contributed by atoms with Crippen LogP contribution in [0.2, 0.25) is 0 Å². The molecule has 118 valence electrons. The normalized spacial score (nSPS) is 26.7. The minimum Gasteiger partial charge on any atom is -0.465 e. The first-order valence-corrected chi connectivity index (χ1v) is 7.04. The summed E-state index contributed by atoms with van der Waals surface area (Å²) in [5.74, 6) is 0. The molecule has 2 rings (SSSR count). The van der Waals surface area contributed by atoms with Gasteiger partial charge in [0.2, 0.25) is 0 Å². The number of carboxylic acid groups (broad SMARTS) is 1. The average Bonchev–Trinajstić information content (AvgIpc) is 2.26. The largest absolute Gasteiger partial charge is 0.465 e. The predicted molar refractivity (Wildman–Crippen MR) is 79.7 cm³/mol. The maximum absolute atomic E-state index is 10.7. The molecule has 2 saturated heterocycles. The van der Waals surface area contributed by atoms with E-state index < -0.39 is 6.09 Å². The van der Waals surface area contributed by atoms with E-state index in [9.17, 15) is 4.79 Å². The highest BCUT2D eigenvalue weighted by Crippen LogP contribution is 2.17. The van der Waals surface area contributed by atoms with Gasteiger partial charge in [-0.2, -0.15) is 0 Å². The van der Waals surface area contributed by atoms with Crippen LogP contribution in [-0.4, -0.2) is 66.6 Å². The van der Waals surface area contributed by atoms with Crippen molar-refractivity contribution in [2.75, 3.05) is 32.7 Å². The number of morpholine rings is 2. The third kappa shape index (κ3) is 5.44. The Morgan fingerprint density at radius 2 is 2.00 bits per heavy atom. The Morgan fingerprint density at radius 1 is 1.40 bits per heavy atom. The minimum atomic E-state index is -0.947. The number of nitrogens with one attached hydrogen (secondary N) is 2. The first kappa shape index (κ1) is 17.5. The monoisotopic (exact) mass is 307 g/mol. The SMILES string of the molecule is CC(C)(CCCN1CC2CNCC(C1)O2)NC(=O)O.Cl. The predicted octanol–water partition coefficient (Wildman–Crippen LogP) is 0.907. The lowest BCUT2D eigenvalue weighted by atomic mass is 9.98. The van der Waals surface area contributed by atoms with Gasteiger partial charge in [0.1, 0.15) is 0 Å². The molecule has 2 fully saturated rings. The Labute approximate surface area is 126 Å².